The van der Waals surface area contributed by atoms with E-state index in [4.69, 9.17) is 0 Å². The molecule has 68 valence electrons. The van der Waals surface area contributed by atoms with Gasteiger partial charge in [0.05, 0.1) is 0 Å². The van der Waals surface area contributed by atoms with Crippen molar-refractivity contribution in [3.63, 3.8) is 0 Å². The van der Waals surface area contributed by atoms with Crippen molar-refractivity contribution in [3.8, 4) is 0 Å². The highest BCUT2D eigenvalue weighted by molar-refractivity contribution is 6.58. The second-order valence-corrected chi connectivity index (χ2v) is 2.60. The summed E-state index contributed by atoms with van der Waals surface area (Å²) in [5.74, 6) is 0. The fraction of sp³-hybridized carbons (Fsp3) is 1.00. The molecule has 11 heavy (non-hydrogen) atoms. The van der Waals surface area contributed by atoms with Crippen LogP contribution < -0.4 is 0 Å². The standard InChI is InChI=1S/C6H14BF3N/c1-3-5-11(4-2)6-7(8,9)10/h3-6H2,1-2H3/q-1. The minimum atomic E-state index is -4.64. The summed E-state index contributed by atoms with van der Waals surface area (Å²) in [7, 11) is 0. The number of halogens is 3. The summed E-state index contributed by atoms with van der Waals surface area (Å²) in [6.07, 6.45) is 0.0599. The largest absolute Gasteiger partial charge is 0.492 e. The van der Waals surface area contributed by atoms with E-state index < -0.39 is 13.4 Å². The van der Waals surface area contributed by atoms with Crippen molar-refractivity contribution in [3.05, 3.63) is 0 Å². The van der Waals surface area contributed by atoms with Gasteiger partial charge in [-0.25, -0.2) is 0 Å². The van der Waals surface area contributed by atoms with Gasteiger partial charge in [-0.05, 0) is 26.0 Å². The Balaban J connectivity index is 3.68. The molecule has 0 aliphatic carbocycles. The van der Waals surface area contributed by atoms with Crippen LogP contribution in [0.3, 0.4) is 0 Å². The third kappa shape index (κ3) is 6.22. The molecule has 0 saturated heterocycles. The molecule has 0 aliphatic rings. The monoisotopic (exact) mass is 168 g/mol. The molecule has 0 spiro atoms. The maximum Gasteiger partial charge on any atom is 0.492 e. The van der Waals surface area contributed by atoms with E-state index in [1.165, 1.54) is 4.90 Å². The van der Waals surface area contributed by atoms with E-state index in [2.05, 4.69) is 0 Å². The fourth-order valence-corrected chi connectivity index (χ4v) is 0.987. The van der Waals surface area contributed by atoms with E-state index in [1.807, 2.05) is 6.92 Å². The van der Waals surface area contributed by atoms with Gasteiger partial charge < -0.3 is 17.8 Å². The SMILES string of the molecule is CCCN(CC)C[B-](F)(F)F. The molecule has 0 aromatic carbocycles. The van der Waals surface area contributed by atoms with Crippen LogP contribution in [-0.4, -0.2) is 31.4 Å². The lowest BCUT2D eigenvalue weighted by molar-refractivity contribution is 0.291. The topological polar surface area (TPSA) is 3.24 Å². The summed E-state index contributed by atoms with van der Waals surface area (Å²) in [6.45, 7) is 0.0128. The zero-order valence-electron chi connectivity index (χ0n) is 6.99. The molecule has 0 aromatic rings. The lowest BCUT2D eigenvalue weighted by atomic mass is 9.91. The van der Waals surface area contributed by atoms with E-state index in [9.17, 15) is 12.9 Å². The van der Waals surface area contributed by atoms with Gasteiger partial charge >= 0.3 is 6.98 Å². The summed E-state index contributed by atoms with van der Waals surface area (Å²) < 4.78 is 35.5. The van der Waals surface area contributed by atoms with Crippen LogP contribution in [0.5, 0.6) is 0 Å². The van der Waals surface area contributed by atoms with Crippen LogP contribution in [0.25, 0.3) is 0 Å². The van der Waals surface area contributed by atoms with Crippen LogP contribution in [0.4, 0.5) is 12.9 Å². The normalized spacial score (nSPS) is 12.5. The molecular formula is C6H14BF3N-. The van der Waals surface area contributed by atoms with Crippen LogP contribution >= 0.6 is 0 Å². The molecular weight excluding hydrogens is 154 g/mol. The average Bonchev–Trinajstić information content (AvgIpc) is 1.84. The summed E-state index contributed by atoms with van der Waals surface area (Å²) in [6, 6.07) is 0. The Bertz CT molecular complexity index is 104. The highest BCUT2D eigenvalue weighted by Crippen LogP contribution is 2.10. The predicted octanol–water partition coefficient (Wildman–Crippen LogP) is 2.10. The first kappa shape index (κ1) is 10.8. The van der Waals surface area contributed by atoms with Crippen LogP contribution in [0.15, 0.2) is 0 Å². The highest BCUT2D eigenvalue weighted by Gasteiger charge is 2.25. The molecule has 0 aromatic heterocycles. The smallest absolute Gasteiger partial charge is 0.448 e. The van der Waals surface area contributed by atoms with Crippen molar-refractivity contribution in [1.29, 1.82) is 0 Å². The first-order chi connectivity index (χ1) is 4.99. The van der Waals surface area contributed by atoms with Crippen molar-refractivity contribution >= 4 is 6.98 Å². The van der Waals surface area contributed by atoms with Crippen molar-refractivity contribution in [2.45, 2.75) is 20.3 Å². The lowest BCUT2D eigenvalue weighted by Crippen LogP contribution is -2.38. The van der Waals surface area contributed by atoms with Gasteiger partial charge in [0.1, 0.15) is 0 Å². The van der Waals surface area contributed by atoms with Gasteiger partial charge in [-0.15, -0.1) is 0 Å². The van der Waals surface area contributed by atoms with Crippen LogP contribution in [0.1, 0.15) is 20.3 Å². The molecule has 0 amide bonds. The maximum atomic E-state index is 11.8. The van der Waals surface area contributed by atoms with Gasteiger partial charge in [0.15, 0.2) is 0 Å². The molecule has 0 fully saturated rings. The molecule has 0 aliphatic heterocycles. The summed E-state index contributed by atoms with van der Waals surface area (Å²) in [5.41, 5.74) is 0. The Hall–Kier alpha value is -0.185. The molecule has 0 saturated carbocycles. The fourth-order valence-electron chi connectivity index (χ4n) is 0.987. The van der Waals surface area contributed by atoms with E-state index in [-0.39, 0.29) is 0 Å². The van der Waals surface area contributed by atoms with Gasteiger partial charge in [-0.3, -0.25) is 0 Å². The average molecular weight is 168 g/mol. The lowest BCUT2D eigenvalue weighted by Gasteiger charge is -2.25. The Morgan fingerprint density at radius 2 is 1.73 bits per heavy atom. The predicted molar refractivity (Wildman–Crippen MR) is 41.5 cm³/mol. The Labute approximate surface area is 65.6 Å². The van der Waals surface area contributed by atoms with Crippen molar-refractivity contribution in [2.75, 3.05) is 19.5 Å². The van der Waals surface area contributed by atoms with E-state index in [0.717, 1.165) is 6.42 Å². The minimum Gasteiger partial charge on any atom is -0.448 e. The van der Waals surface area contributed by atoms with Gasteiger partial charge in [-0.1, -0.05) is 13.8 Å². The molecule has 0 bridgehead atoms. The van der Waals surface area contributed by atoms with Gasteiger partial charge in [0.25, 0.3) is 0 Å². The summed E-state index contributed by atoms with van der Waals surface area (Å²) >= 11 is 0. The highest BCUT2D eigenvalue weighted by atomic mass is 19.4. The van der Waals surface area contributed by atoms with Gasteiger partial charge in [0, 0.05) is 0 Å². The molecule has 0 heterocycles. The van der Waals surface area contributed by atoms with Crippen LogP contribution in [0.2, 0.25) is 0 Å². The molecule has 0 rings (SSSR count). The number of hydrogen-bond donors (Lipinski definition) is 0. The second-order valence-electron chi connectivity index (χ2n) is 2.60. The molecule has 0 unspecified atom stereocenters. The van der Waals surface area contributed by atoms with Gasteiger partial charge in [-0.2, -0.15) is 0 Å². The zero-order valence-corrected chi connectivity index (χ0v) is 6.99. The second kappa shape index (κ2) is 4.64. The van der Waals surface area contributed by atoms with E-state index in [1.54, 1.807) is 6.92 Å². The number of nitrogens with zero attached hydrogens (tertiary/aromatic N) is 1. The summed E-state index contributed by atoms with van der Waals surface area (Å²) in [4.78, 5) is 1.42. The Kier molecular flexibility index (Phi) is 4.57. The number of hydrogen-bond acceptors (Lipinski definition) is 1. The Morgan fingerprint density at radius 3 is 2.00 bits per heavy atom. The number of rotatable bonds is 5. The molecule has 0 radical (unpaired) electrons. The van der Waals surface area contributed by atoms with E-state index >= 15 is 0 Å². The third-order valence-corrected chi connectivity index (χ3v) is 1.45. The van der Waals surface area contributed by atoms with Gasteiger partial charge in [0.2, 0.25) is 0 Å². The molecule has 5 heteroatoms. The maximum absolute atomic E-state index is 11.8. The minimum absolute atomic E-state index is 0.481. The van der Waals surface area contributed by atoms with Crippen molar-refractivity contribution < 1.29 is 12.9 Å². The Morgan fingerprint density at radius 1 is 1.18 bits per heavy atom. The summed E-state index contributed by atoms with van der Waals surface area (Å²) in [5, 5.41) is 0. The third-order valence-electron chi connectivity index (χ3n) is 1.45. The molecule has 1 nitrogen and oxygen atoms in total. The van der Waals surface area contributed by atoms with Crippen molar-refractivity contribution in [2.24, 2.45) is 0 Å². The first-order valence-electron chi connectivity index (χ1n) is 3.93. The zero-order chi connectivity index (χ0) is 8.91. The molecule has 0 N–H and O–H groups in total. The molecule has 0 atom stereocenters. The van der Waals surface area contributed by atoms with Crippen molar-refractivity contribution in [1.82, 2.24) is 4.90 Å². The quantitative estimate of drug-likeness (QED) is 0.568. The first-order valence-corrected chi connectivity index (χ1v) is 3.93. The van der Waals surface area contributed by atoms with Crippen LogP contribution in [0, 0.1) is 0 Å². The van der Waals surface area contributed by atoms with Crippen LogP contribution in [-0.2, 0) is 0 Å². The van der Waals surface area contributed by atoms with E-state index in [0.29, 0.717) is 13.1 Å².